The summed E-state index contributed by atoms with van der Waals surface area (Å²) in [4.78, 5) is 26.8. The zero-order chi connectivity index (χ0) is 37.3. The summed E-state index contributed by atoms with van der Waals surface area (Å²) in [5.74, 6) is 7.57. The van der Waals surface area contributed by atoms with Gasteiger partial charge in [-0.25, -0.2) is 4.79 Å². The normalized spacial score (nSPS) is 37.3. The zero-order valence-electron chi connectivity index (χ0n) is 32.9. The predicted molar refractivity (Wildman–Crippen MR) is 207 cm³/mol. The second-order valence-electron chi connectivity index (χ2n) is 19.0. The van der Waals surface area contributed by atoms with Gasteiger partial charge in [0, 0.05) is 30.3 Å². The highest BCUT2D eigenvalue weighted by atomic mass is 16.5. The molecule has 6 heteroatoms. The van der Waals surface area contributed by atoms with E-state index in [0.29, 0.717) is 50.4 Å². The van der Waals surface area contributed by atoms with E-state index in [2.05, 4.69) is 62.9 Å². The van der Waals surface area contributed by atoms with Crippen LogP contribution in [-0.2, 0) is 25.5 Å². The highest BCUT2D eigenvalue weighted by Crippen LogP contribution is 2.72. The Hall–Kier alpha value is -2.62. The summed E-state index contributed by atoms with van der Waals surface area (Å²) in [5, 5.41) is 26.8. The molecule has 1 aromatic rings. The SMILES string of the molecule is C[C@H](CCCc1ccccc1)CCC[C@]12[C@H](O)CC[C@@](C)(C3CCCC3)[C@@H]1[C@H]1C[C@](C)(C#CCC3(CCCCC3)C(=O)O1)[C@]2(O)CCC1=CC(=O)OC1. The van der Waals surface area contributed by atoms with Gasteiger partial charge in [0.15, 0.2) is 0 Å². The second-order valence-corrected chi connectivity index (χ2v) is 19.0. The second kappa shape index (κ2) is 15.5. The Labute approximate surface area is 319 Å². The minimum Gasteiger partial charge on any atom is -0.462 e. The minimum atomic E-state index is -1.38. The summed E-state index contributed by atoms with van der Waals surface area (Å²) in [6.07, 6.45) is 19.0. The molecule has 2 heterocycles. The predicted octanol–water partition coefficient (Wildman–Crippen LogP) is 9.44. The average Bonchev–Trinajstić information content (AvgIpc) is 3.85. The maximum atomic E-state index is 14.6. The van der Waals surface area contributed by atoms with Crippen molar-refractivity contribution in [3.8, 4) is 11.8 Å². The summed E-state index contributed by atoms with van der Waals surface area (Å²) in [6.45, 7) is 7.13. The van der Waals surface area contributed by atoms with Crippen LogP contribution in [0.5, 0.6) is 0 Å². The largest absolute Gasteiger partial charge is 0.462 e. The minimum absolute atomic E-state index is 0.0901. The van der Waals surface area contributed by atoms with Crippen LogP contribution in [0.4, 0.5) is 0 Å². The molecule has 4 saturated carbocycles. The van der Waals surface area contributed by atoms with E-state index in [1.165, 1.54) is 18.4 Å². The van der Waals surface area contributed by atoms with Gasteiger partial charge in [-0.05, 0) is 106 Å². The van der Waals surface area contributed by atoms with Crippen LogP contribution in [0.25, 0.3) is 0 Å². The molecular formula is C47H66O6. The lowest BCUT2D eigenvalue weighted by molar-refractivity contribution is -0.314. The van der Waals surface area contributed by atoms with Gasteiger partial charge < -0.3 is 19.7 Å². The first-order valence-electron chi connectivity index (χ1n) is 21.5. The Morgan fingerprint density at radius 2 is 1.64 bits per heavy atom. The highest BCUT2D eigenvalue weighted by molar-refractivity contribution is 5.85. The van der Waals surface area contributed by atoms with Crippen molar-refractivity contribution in [2.45, 2.75) is 173 Å². The molecule has 6 aliphatic rings. The molecule has 53 heavy (non-hydrogen) atoms. The van der Waals surface area contributed by atoms with Gasteiger partial charge in [0.05, 0.1) is 22.5 Å². The number of esters is 2. The zero-order valence-corrected chi connectivity index (χ0v) is 32.9. The average molecular weight is 727 g/mol. The molecule has 6 nitrogen and oxygen atoms in total. The fourth-order valence-electron chi connectivity index (χ4n) is 12.9. The number of rotatable bonds is 12. The molecule has 4 fully saturated rings. The summed E-state index contributed by atoms with van der Waals surface area (Å²) in [5.41, 5.74) is -1.78. The first-order valence-corrected chi connectivity index (χ1v) is 21.5. The number of carbonyl (C=O) groups excluding carboxylic acids is 2. The van der Waals surface area contributed by atoms with Gasteiger partial charge in [-0.1, -0.05) is 101 Å². The van der Waals surface area contributed by atoms with E-state index < -0.39 is 34.1 Å². The Morgan fingerprint density at radius 3 is 2.36 bits per heavy atom. The smallest absolute Gasteiger partial charge is 0.331 e. The van der Waals surface area contributed by atoms with E-state index in [1.807, 2.05) is 0 Å². The lowest BCUT2D eigenvalue weighted by Crippen LogP contribution is -2.76. The van der Waals surface area contributed by atoms with Crippen LogP contribution in [0.2, 0.25) is 0 Å². The van der Waals surface area contributed by atoms with Crippen LogP contribution in [0, 0.1) is 51.3 Å². The number of hydrogen-bond donors (Lipinski definition) is 2. The van der Waals surface area contributed by atoms with E-state index in [0.717, 1.165) is 89.0 Å². The Kier molecular flexibility index (Phi) is 11.3. The molecule has 2 bridgehead atoms. The quantitative estimate of drug-likeness (QED) is 0.165. The summed E-state index contributed by atoms with van der Waals surface area (Å²) in [7, 11) is 0. The molecule has 290 valence electrons. The number of aliphatic hydroxyl groups is 2. The van der Waals surface area contributed by atoms with Gasteiger partial charge in [0.1, 0.15) is 12.7 Å². The van der Waals surface area contributed by atoms with Gasteiger partial charge in [0.2, 0.25) is 0 Å². The van der Waals surface area contributed by atoms with Crippen LogP contribution in [0.1, 0.15) is 155 Å². The summed E-state index contributed by atoms with van der Waals surface area (Å²) < 4.78 is 12.3. The van der Waals surface area contributed by atoms with Crippen molar-refractivity contribution in [3.63, 3.8) is 0 Å². The highest BCUT2D eigenvalue weighted by Gasteiger charge is 2.75. The standard InChI is InChI=1S/C47H66O6/c1-34(15-12-19-35-17-6-4-7-18-35)16-13-28-46-39(48)23-29-44(3,37-20-8-9-21-37)41(46)38-32-43(2,47(46,51)30-22-36-31-40(49)52-33-36)24-14-27-45(42(50)53-38)25-10-5-11-26-45/h4,6-7,17-18,31,34,37-39,41,48,51H,5,8-13,15-16,19-23,25-30,32-33H2,1-3H3/t34-,38-,39-,41+,43+,44+,46+,47-/m1/s1. The number of cyclic esters (lactones) is 1. The molecule has 4 aliphatic carbocycles. The van der Waals surface area contributed by atoms with E-state index in [4.69, 9.17) is 9.47 Å². The van der Waals surface area contributed by atoms with Crippen molar-refractivity contribution in [1.29, 1.82) is 0 Å². The van der Waals surface area contributed by atoms with Gasteiger partial charge in [-0.15, -0.1) is 5.92 Å². The molecule has 1 aromatic carbocycles. The fraction of sp³-hybridized carbons (Fsp3) is 0.745. The third-order valence-corrected chi connectivity index (χ3v) is 15.9. The third-order valence-electron chi connectivity index (χ3n) is 15.9. The van der Waals surface area contributed by atoms with Crippen molar-refractivity contribution >= 4 is 11.9 Å². The van der Waals surface area contributed by atoms with Crippen LogP contribution >= 0.6 is 0 Å². The Balaban J connectivity index is 1.28. The topological polar surface area (TPSA) is 93.1 Å². The van der Waals surface area contributed by atoms with E-state index in [-0.39, 0.29) is 29.9 Å². The van der Waals surface area contributed by atoms with Gasteiger partial charge >= 0.3 is 11.9 Å². The molecule has 0 unspecified atom stereocenters. The number of carbonyl (C=O) groups is 2. The molecular weight excluding hydrogens is 661 g/mol. The van der Waals surface area contributed by atoms with Gasteiger partial charge in [-0.2, -0.15) is 0 Å². The number of aliphatic hydroxyl groups excluding tert-OH is 1. The van der Waals surface area contributed by atoms with E-state index in [1.54, 1.807) is 6.08 Å². The molecule has 0 saturated heterocycles. The van der Waals surface area contributed by atoms with Crippen molar-refractivity contribution in [1.82, 2.24) is 0 Å². The van der Waals surface area contributed by atoms with Gasteiger partial charge in [-0.3, -0.25) is 4.79 Å². The first kappa shape index (κ1) is 38.6. The number of hydrogen-bond acceptors (Lipinski definition) is 6. The van der Waals surface area contributed by atoms with E-state index in [9.17, 15) is 19.8 Å². The van der Waals surface area contributed by atoms with Crippen molar-refractivity contribution in [3.05, 3.63) is 47.5 Å². The molecule has 7 rings (SSSR count). The molecule has 0 amide bonds. The summed E-state index contributed by atoms with van der Waals surface area (Å²) >= 11 is 0. The van der Waals surface area contributed by atoms with Gasteiger partial charge in [0.25, 0.3) is 0 Å². The maximum Gasteiger partial charge on any atom is 0.331 e. The molecule has 0 aromatic heterocycles. The lowest BCUT2D eigenvalue weighted by Gasteiger charge is -2.71. The van der Waals surface area contributed by atoms with Crippen LogP contribution < -0.4 is 0 Å². The first-order chi connectivity index (χ1) is 25.4. The Morgan fingerprint density at radius 1 is 0.906 bits per heavy atom. The Bertz CT molecular complexity index is 1560. The third kappa shape index (κ3) is 7.05. The van der Waals surface area contributed by atoms with Crippen molar-refractivity contribution in [2.24, 2.45) is 39.4 Å². The van der Waals surface area contributed by atoms with Crippen LogP contribution in [0.3, 0.4) is 0 Å². The number of fused-ring (bicyclic) bond motifs is 4. The molecule has 0 radical (unpaired) electrons. The van der Waals surface area contributed by atoms with Crippen LogP contribution in [0.15, 0.2) is 42.0 Å². The lowest BCUT2D eigenvalue weighted by atomic mass is 9.36. The maximum absolute atomic E-state index is 14.6. The molecule has 2 N–H and O–H groups in total. The molecule has 1 spiro atoms. The van der Waals surface area contributed by atoms with Crippen molar-refractivity contribution in [2.75, 3.05) is 6.61 Å². The fourth-order valence-corrected chi connectivity index (χ4v) is 12.9. The van der Waals surface area contributed by atoms with Crippen LogP contribution in [-0.4, -0.2) is 46.6 Å². The monoisotopic (exact) mass is 726 g/mol. The summed E-state index contributed by atoms with van der Waals surface area (Å²) in [6, 6.07) is 10.7. The number of ether oxygens (including phenoxy) is 2. The van der Waals surface area contributed by atoms with Crippen molar-refractivity contribution < 1.29 is 29.3 Å². The number of aryl methyl sites for hydroxylation is 1. The molecule has 8 atom stereocenters. The number of benzene rings is 1. The van der Waals surface area contributed by atoms with E-state index >= 15 is 0 Å². The molecule has 2 aliphatic heterocycles.